The van der Waals surface area contributed by atoms with Crippen LogP contribution in [0.25, 0.3) is 0 Å². The number of hydrogen-bond acceptors (Lipinski definition) is 4. The summed E-state index contributed by atoms with van der Waals surface area (Å²) in [5.41, 5.74) is 6.44. The molecule has 76 valence electrons. The number of carbonyl (C=O) groups excluding carboxylic acids is 1. The minimum atomic E-state index is 0.729. The van der Waals surface area contributed by atoms with Crippen LogP contribution < -0.4 is 10.6 Å². The van der Waals surface area contributed by atoms with E-state index in [1.165, 1.54) is 30.6 Å². The summed E-state index contributed by atoms with van der Waals surface area (Å²) in [7, 11) is 0. The first-order chi connectivity index (χ1) is 6.81. The maximum atomic E-state index is 10.8. The first-order valence-corrected chi connectivity index (χ1v) is 5.72. The van der Waals surface area contributed by atoms with Gasteiger partial charge >= 0.3 is 0 Å². The Kier molecular flexibility index (Phi) is 2.72. The Hall–Kier alpha value is -1.03. The van der Waals surface area contributed by atoms with E-state index in [0.717, 1.165) is 34.9 Å². The molecule has 0 atom stereocenters. The Morgan fingerprint density at radius 3 is 2.71 bits per heavy atom. The van der Waals surface area contributed by atoms with Crippen LogP contribution in [0.3, 0.4) is 0 Å². The normalized spacial score (nSPS) is 17.0. The average Bonchev–Trinajstić information content (AvgIpc) is 2.61. The van der Waals surface area contributed by atoms with Crippen LogP contribution in [0.4, 0.5) is 10.0 Å². The van der Waals surface area contributed by atoms with Gasteiger partial charge in [0, 0.05) is 13.1 Å². The van der Waals surface area contributed by atoms with Gasteiger partial charge in [-0.15, -0.1) is 11.3 Å². The Bertz CT molecular complexity index is 329. The van der Waals surface area contributed by atoms with Crippen LogP contribution in [-0.2, 0) is 0 Å². The molecule has 1 aromatic rings. The predicted octanol–water partition coefficient (Wildman–Crippen LogP) is 2.13. The Labute approximate surface area is 87.5 Å². The molecule has 0 aromatic carbocycles. The van der Waals surface area contributed by atoms with Gasteiger partial charge in [-0.25, -0.2) is 0 Å². The van der Waals surface area contributed by atoms with Crippen LogP contribution in [0.15, 0.2) is 6.07 Å². The highest BCUT2D eigenvalue weighted by molar-refractivity contribution is 7.20. The quantitative estimate of drug-likeness (QED) is 0.761. The largest absolute Gasteiger partial charge is 0.391 e. The lowest BCUT2D eigenvalue weighted by atomic mass is 10.1. The second-order valence-corrected chi connectivity index (χ2v) is 4.64. The molecule has 0 aliphatic carbocycles. The van der Waals surface area contributed by atoms with E-state index >= 15 is 0 Å². The lowest BCUT2D eigenvalue weighted by Gasteiger charge is -2.27. The highest BCUT2D eigenvalue weighted by Crippen LogP contribution is 2.33. The van der Waals surface area contributed by atoms with E-state index < -0.39 is 0 Å². The monoisotopic (exact) mass is 210 g/mol. The fourth-order valence-electron chi connectivity index (χ4n) is 1.84. The van der Waals surface area contributed by atoms with Crippen molar-refractivity contribution in [3.8, 4) is 0 Å². The molecule has 1 aliphatic heterocycles. The fraction of sp³-hybridized carbons (Fsp3) is 0.500. The number of piperidine rings is 1. The molecule has 14 heavy (non-hydrogen) atoms. The standard InChI is InChI=1S/C10H14N2OS/c11-9-6-8(7-13)10(14-9)12-4-2-1-3-5-12/h6-7H,1-5,11H2. The van der Waals surface area contributed by atoms with Crippen LogP contribution in [-0.4, -0.2) is 19.4 Å². The number of anilines is 2. The molecule has 1 aromatic heterocycles. The SMILES string of the molecule is Nc1cc(C=O)c(N2CCCCC2)s1. The van der Waals surface area contributed by atoms with Crippen molar-refractivity contribution in [3.63, 3.8) is 0 Å². The number of nitrogens with zero attached hydrogens (tertiary/aromatic N) is 1. The van der Waals surface area contributed by atoms with Crippen molar-refractivity contribution in [2.24, 2.45) is 0 Å². The van der Waals surface area contributed by atoms with Gasteiger partial charge in [0.15, 0.2) is 6.29 Å². The summed E-state index contributed by atoms with van der Waals surface area (Å²) >= 11 is 1.52. The van der Waals surface area contributed by atoms with E-state index in [9.17, 15) is 4.79 Å². The molecule has 0 bridgehead atoms. The zero-order chi connectivity index (χ0) is 9.97. The number of carbonyl (C=O) groups is 1. The second kappa shape index (κ2) is 4.00. The van der Waals surface area contributed by atoms with Gasteiger partial charge in [-0.1, -0.05) is 0 Å². The fourth-order valence-corrected chi connectivity index (χ4v) is 2.79. The van der Waals surface area contributed by atoms with Gasteiger partial charge in [0.1, 0.15) is 5.00 Å². The average molecular weight is 210 g/mol. The summed E-state index contributed by atoms with van der Waals surface area (Å²) in [5.74, 6) is 0. The zero-order valence-corrected chi connectivity index (χ0v) is 8.85. The maximum Gasteiger partial charge on any atom is 0.153 e. The van der Waals surface area contributed by atoms with Crippen molar-refractivity contribution >= 4 is 27.6 Å². The number of rotatable bonds is 2. The van der Waals surface area contributed by atoms with Crippen LogP contribution in [0.5, 0.6) is 0 Å². The Morgan fingerprint density at radius 2 is 2.07 bits per heavy atom. The molecule has 2 heterocycles. The summed E-state index contributed by atoms with van der Waals surface area (Å²) in [6.45, 7) is 2.11. The second-order valence-electron chi connectivity index (χ2n) is 3.57. The molecule has 1 saturated heterocycles. The van der Waals surface area contributed by atoms with Crippen molar-refractivity contribution in [3.05, 3.63) is 11.6 Å². The van der Waals surface area contributed by atoms with Gasteiger partial charge in [-0.3, -0.25) is 4.79 Å². The van der Waals surface area contributed by atoms with Crippen molar-refractivity contribution in [2.45, 2.75) is 19.3 Å². The molecular formula is C10H14N2OS. The molecule has 0 unspecified atom stereocenters. The topological polar surface area (TPSA) is 46.3 Å². The van der Waals surface area contributed by atoms with Gasteiger partial charge < -0.3 is 10.6 Å². The molecule has 2 N–H and O–H groups in total. The molecular weight excluding hydrogens is 196 g/mol. The van der Waals surface area contributed by atoms with E-state index in [1.54, 1.807) is 6.07 Å². The number of aldehydes is 1. The number of hydrogen-bond donors (Lipinski definition) is 1. The third-order valence-electron chi connectivity index (χ3n) is 2.53. The summed E-state index contributed by atoms with van der Waals surface area (Å²) in [6.07, 6.45) is 4.64. The first-order valence-electron chi connectivity index (χ1n) is 4.90. The molecule has 0 radical (unpaired) electrons. The lowest BCUT2D eigenvalue weighted by molar-refractivity contribution is 0.112. The van der Waals surface area contributed by atoms with Crippen LogP contribution in [0.1, 0.15) is 29.6 Å². The number of thiophene rings is 1. The highest BCUT2D eigenvalue weighted by Gasteiger charge is 2.16. The van der Waals surface area contributed by atoms with Crippen LogP contribution >= 0.6 is 11.3 Å². The summed E-state index contributed by atoms with van der Waals surface area (Å²) in [6, 6.07) is 1.77. The summed E-state index contributed by atoms with van der Waals surface area (Å²) in [4.78, 5) is 13.1. The van der Waals surface area contributed by atoms with Crippen molar-refractivity contribution in [1.29, 1.82) is 0 Å². The van der Waals surface area contributed by atoms with Crippen molar-refractivity contribution in [2.75, 3.05) is 23.7 Å². The number of nitrogens with two attached hydrogens (primary N) is 1. The molecule has 0 saturated carbocycles. The Morgan fingerprint density at radius 1 is 1.36 bits per heavy atom. The maximum absolute atomic E-state index is 10.8. The van der Waals surface area contributed by atoms with Crippen LogP contribution in [0, 0.1) is 0 Å². The van der Waals surface area contributed by atoms with Gasteiger partial charge in [-0.05, 0) is 25.3 Å². The molecule has 1 fully saturated rings. The minimum Gasteiger partial charge on any atom is -0.391 e. The number of nitrogen functional groups attached to an aromatic ring is 1. The van der Waals surface area contributed by atoms with Gasteiger partial charge in [-0.2, -0.15) is 0 Å². The van der Waals surface area contributed by atoms with E-state index in [2.05, 4.69) is 4.90 Å². The van der Waals surface area contributed by atoms with E-state index in [4.69, 9.17) is 5.73 Å². The molecule has 4 heteroatoms. The highest BCUT2D eigenvalue weighted by atomic mass is 32.1. The minimum absolute atomic E-state index is 0.729. The Balaban J connectivity index is 2.24. The third kappa shape index (κ3) is 1.75. The third-order valence-corrected chi connectivity index (χ3v) is 3.57. The van der Waals surface area contributed by atoms with Gasteiger partial charge in [0.05, 0.1) is 10.6 Å². The van der Waals surface area contributed by atoms with E-state index in [-0.39, 0.29) is 0 Å². The predicted molar refractivity (Wildman–Crippen MR) is 60.2 cm³/mol. The summed E-state index contributed by atoms with van der Waals surface area (Å²) < 4.78 is 0. The molecule has 3 nitrogen and oxygen atoms in total. The molecule has 1 aliphatic rings. The zero-order valence-electron chi connectivity index (χ0n) is 8.03. The first kappa shape index (κ1) is 9.52. The van der Waals surface area contributed by atoms with Crippen molar-refractivity contribution in [1.82, 2.24) is 0 Å². The van der Waals surface area contributed by atoms with Crippen LogP contribution in [0.2, 0.25) is 0 Å². The molecule has 2 rings (SSSR count). The lowest BCUT2D eigenvalue weighted by Crippen LogP contribution is -2.29. The van der Waals surface area contributed by atoms with Gasteiger partial charge in [0.2, 0.25) is 0 Å². The molecule has 0 amide bonds. The smallest absolute Gasteiger partial charge is 0.153 e. The van der Waals surface area contributed by atoms with Crippen molar-refractivity contribution < 1.29 is 4.79 Å². The van der Waals surface area contributed by atoms with E-state index in [0.29, 0.717) is 0 Å². The van der Waals surface area contributed by atoms with E-state index in [1.807, 2.05) is 0 Å². The molecule has 0 spiro atoms. The van der Waals surface area contributed by atoms with Gasteiger partial charge in [0.25, 0.3) is 0 Å². The summed E-state index contributed by atoms with van der Waals surface area (Å²) in [5, 5.41) is 1.78.